The van der Waals surface area contributed by atoms with Crippen molar-refractivity contribution in [2.45, 2.75) is 95.7 Å². The van der Waals surface area contributed by atoms with E-state index in [0.717, 1.165) is 5.56 Å². The number of cyclic esters (lactones) is 1. The maximum atomic E-state index is 15.5. The van der Waals surface area contributed by atoms with E-state index >= 15 is 9.59 Å². The summed E-state index contributed by atoms with van der Waals surface area (Å²) in [7, 11) is 0. The average Bonchev–Trinajstić information content (AvgIpc) is 3.69. The topological polar surface area (TPSA) is 125 Å². The van der Waals surface area contributed by atoms with E-state index in [4.69, 9.17) is 9.47 Å². The number of halogens is 1. The van der Waals surface area contributed by atoms with Crippen molar-refractivity contribution >= 4 is 39.6 Å². The number of nitrogens with one attached hydrogen (secondary N) is 1. The molecule has 0 aromatic heterocycles. The second-order valence-electron chi connectivity index (χ2n) is 16.2. The molecule has 2 aromatic carbocycles. The van der Waals surface area contributed by atoms with E-state index in [-0.39, 0.29) is 36.7 Å². The normalized spacial score (nSPS) is 29.8. The first-order valence-electron chi connectivity index (χ1n) is 18.2. The lowest BCUT2D eigenvalue weighted by Crippen LogP contribution is -2.62. The molecule has 0 aliphatic carbocycles. The average molecular weight is 777 g/mol. The molecular formula is C41H50BrN3O7. The number of rotatable bonds is 7. The zero-order chi connectivity index (χ0) is 37.4. The number of aliphatic hydroxyl groups is 1. The lowest BCUT2D eigenvalue weighted by atomic mass is 9.74. The Labute approximate surface area is 314 Å². The second-order valence-corrected chi connectivity index (χ2v) is 17.2. The number of carbonyl (C=O) groups excluding carboxylic acids is 4. The highest BCUT2D eigenvalue weighted by Gasteiger charge is 2.75. The van der Waals surface area contributed by atoms with Crippen molar-refractivity contribution < 1.29 is 33.8 Å². The van der Waals surface area contributed by atoms with E-state index in [9.17, 15) is 14.7 Å². The number of esters is 1. The van der Waals surface area contributed by atoms with Crippen LogP contribution in [-0.4, -0.2) is 87.6 Å². The Morgan fingerprint density at radius 1 is 0.962 bits per heavy atom. The minimum Gasteiger partial charge on any atom is -0.455 e. The van der Waals surface area contributed by atoms with Gasteiger partial charge in [0.2, 0.25) is 17.7 Å². The summed E-state index contributed by atoms with van der Waals surface area (Å²) in [5.41, 5.74) is -0.759. The van der Waals surface area contributed by atoms with Crippen LogP contribution >= 0.6 is 15.9 Å². The van der Waals surface area contributed by atoms with Gasteiger partial charge in [-0.25, -0.2) is 0 Å². The number of carbonyl (C=O) groups is 4. The first-order chi connectivity index (χ1) is 24.7. The minimum absolute atomic E-state index is 0.0446. The number of hydrogen-bond donors (Lipinski definition) is 2. The van der Waals surface area contributed by atoms with E-state index in [1.54, 1.807) is 11.0 Å². The van der Waals surface area contributed by atoms with Crippen LogP contribution in [0.4, 0.5) is 0 Å². The van der Waals surface area contributed by atoms with E-state index in [1.165, 1.54) is 4.90 Å². The Kier molecular flexibility index (Phi) is 10.9. The van der Waals surface area contributed by atoms with E-state index < -0.39 is 65.8 Å². The van der Waals surface area contributed by atoms with Crippen LogP contribution in [0.25, 0.3) is 0 Å². The fourth-order valence-corrected chi connectivity index (χ4v) is 9.57. The first-order valence-corrected chi connectivity index (χ1v) is 19.0. The molecule has 2 N–H and O–H groups in total. The predicted octanol–water partition coefficient (Wildman–Crippen LogP) is 5.26. The SMILES string of the molecule is CC(C)(C)CC(C)(C)N1C/C=C\CCC(=O)NC[C@H](c2ccccc2)OC(=O)[C@H]2[C@@H]3O[C@@]4(C=C3Br)[C@@H]2C(=O)N([C@@H](CO)Cc2ccccc2)[C@@H]4C1=O. The van der Waals surface area contributed by atoms with Gasteiger partial charge in [-0.3, -0.25) is 19.2 Å². The molecule has 3 amide bonds. The van der Waals surface area contributed by atoms with Crippen LogP contribution in [0, 0.1) is 17.3 Å². The quantitative estimate of drug-likeness (QED) is 0.291. The van der Waals surface area contributed by atoms with Crippen LogP contribution in [-0.2, 0) is 35.1 Å². The Hall–Kier alpha value is -3.80. The van der Waals surface area contributed by atoms with Crippen molar-refractivity contribution in [1.29, 1.82) is 0 Å². The molecule has 0 radical (unpaired) electrons. The van der Waals surface area contributed by atoms with Crippen LogP contribution < -0.4 is 5.32 Å². The molecule has 2 saturated heterocycles. The van der Waals surface area contributed by atoms with Crippen LogP contribution in [0.1, 0.15) is 71.1 Å². The fraction of sp³-hybridized carbons (Fsp3) is 0.512. The molecule has 4 aliphatic rings. The van der Waals surface area contributed by atoms with Gasteiger partial charge in [-0.05, 0) is 55.7 Å². The Bertz CT molecular complexity index is 1720. The van der Waals surface area contributed by atoms with Crippen LogP contribution in [0.5, 0.6) is 0 Å². The lowest BCUT2D eigenvalue weighted by molar-refractivity contribution is -0.161. The molecule has 6 rings (SSSR count). The van der Waals surface area contributed by atoms with Gasteiger partial charge in [-0.2, -0.15) is 0 Å². The molecule has 0 saturated carbocycles. The first kappa shape index (κ1) is 37.9. The number of fused-ring (bicyclic) bond motifs is 2. The monoisotopic (exact) mass is 775 g/mol. The third-order valence-electron chi connectivity index (χ3n) is 10.7. The summed E-state index contributed by atoms with van der Waals surface area (Å²) < 4.78 is 13.5. The maximum Gasteiger partial charge on any atom is 0.313 e. The van der Waals surface area contributed by atoms with Crippen LogP contribution in [0.2, 0.25) is 0 Å². The molecule has 10 nitrogen and oxygen atoms in total. The third-order valence-corrected chi connectivity index (χ3v) is 11.3. The van der Waals surface area contributed by atoms with E-state index in [1.807, 2.05) is 86.7 Å². The summed E-state index contributed by atoms with van der Waals surface area (Å²) in [6, 6.07) is 16.7. The smallest absolute Gasteiger partial charge is 0.313 e. The third kappa shape index (κ3) is 7.37. The summed E-state index contributed by atoms with van der Waals surface area (Å²) in [5, 5.41) is 13.9. The van der Waals surface area contributed by atoms with Crippen molar-refractivity contribution in [3.05, 3.63) is 94.5 Å². The number of amides is 3. The second kappa shape index (κ2) is 14.9. The Morgan fingerprint density at radius 2 is 1.63 bits per heavy atom. The molecule has 2 aromatic rings. The molecule has 11 heteroatoms. The molecular weight excluding hydrogens is 726 g/mol. The number of ether oxygens (including phenoxy) is 2. The van der Waals surface area contributed by atoms with Gasteiger partial charge in [0.15, 0.2) is 0 Å². The standard InChI is InChI=1S/C41H50BrN3O7/c1-39(2,3)25-40(4,5)44-20-14-8-13-19-31(47)43-23-30(27-17-11-7-12-18-27)51-38(50)32-33-36(48)45(28(24-46)21-26-15-9-6-10-16-26)35(37(44)49)41(33)22-29(42)34(32)52-41/h6-12,14-18,22,28,30,32-35,46H,13,19-21,23-25H2,1-5H3,(H,43,47)/b14-8-/t28-,30-,32-,33+,34-,35-,41+/m1/s1. The molecule has 4 heterocycles. The highest BCUT2D eigenvalue weighted by Crippen LogP contribution is 2.59. The summed E-state index contributed by atoms with van der Waals surface area (Å²) in [4.78, 5) is 61.2. The summed E-state index contributed by atoms with van der Waals surface area (Å²) in [5.74, 6) is -3.81. The molecule has 1 spiro atoms. The van der Waals surface area contributed by atoms with Gasteiger partial charge in [0, 0.05) is 23.0 Å². The maximum absolute atomic E-state index is 15.5. The zero-order valence-corrected chi connectivity index (χ0v) is 32.2. The number of aliphatic hydroxyl groups excluding tert-OH is 1. The number of allylic oxidation sites excluding steroid dienone is 1. The van der Waals surface area contributed by atoms with Gasteiger partial charge in [0.1, 0.15) is 29.8 Å². The van der Waals surface area contributed by atoms with Gasteiger partial charge in [-0.15, -0.1) is 0 Å². The number of likely N-dealkylation sites (tertiary alicyclic amines) is 1. The van der Waals surface area contributed by atoms with Gasteiger partial charge < -0.3 is 29.7 Å². The van der Waals surface area contributed by atoms with Crippen LogP contribution in [0.3, 0.4) is 0 Å². The summed E-state index contributed by atoms with van der Waals surface area (Å²) in [6.45, 7) is 10.3. The molecule has 0 unspecified atom stereocenters. The minimum atomic E-state index is -1.50. The molecule has 7 atom stereocenters. The zero-order valence-electron chi connectivity index (χ0n) is 30.6. The van der Waals surface area contributed by atoms with Crippen molar-refractivity contribution in [3.8, 4) is 0 Å². The predicted molar refractivity (Wildman–Crippen MR) is 200 cm³/mol. The molecule has 278 valence electrons. The van der Waals surface area contributed by atoms with Crippen molar-refractivity contribution in [3.63, 3.8) is 0 Å². The lowest BCUT2D eigenvalue weighted by Gasteiger charge is -2.46. The van der Waals surface area contributed by atoms with Crippen molar-refractivity contribution in [2.24, 2.45) is 17.3 Å². The highest BCUT2D eigenvalue weighted by atomic mass is 79.9. The van der Waals surface area contributed by atoms with E-state index in [0.29, 0.717) is 29.3 Å². The number of hydrogen-bond acceptors (Lipinski definition) is 7. The Morgan fingerprint density at radius 3 is 2.29 bits per heavy atom. The molecule has 2 fully saturated rings. The van der Waals surface area contributed by atoms with E-state index in [2.05, 4.69) is 42.0 Å². The van der Waals surface area contributed by atoms with Gasteiger partial charge in [0.05, 0.1) is 25.1 Å². The fourth-order valence-electron chi connectivity index (χ4n) is 8.83. The van der Waals surface area contributed by atoms with Crippen molar-refractivity contribution in [2.75, 3.05) is 19.7 Å². The number of nitrogens with zero attached hydrogens (tertiary/aromatic N) is 2. The van der Waals surface area contributed by atoms with Gasteiger partial charge in [-0.1, -0.05) is 110 Å². The molecule has 52 heavy (non-hydrogen) atoms. The largest absolute Gasteiger partial charge is 0.455 e. The number of benzene rings is 2. The molecule has 5 bridgehead atoms. The van der Waals surface area contributed by atoms with Gasteiger partial charge in [0.25, 0.3) is 0 Å². The summed E-state index contributed by atoms with van der Waals surface area (Å²) in [6.07, 6.45) is 5.49. The Balaban J connectivity index is 1.49. The summed E-state index contributed by atoms with van der Waals surface area (Å²) >= 11 is 3.64. The molecule has 4 aliphatic heterocycles. The van der Waals surface area contributed by atoms with Crippen molar-refractivity contribution in [1.82, 2.24) is 15.1 Å². The van der Waals surface area contributed by atoms with Crippen LogP contribution in [0.15, 0.2) is 83.4 Å². The highest BCUT2D eigenvalue weighted by molar-refractivity contribution is 9.11. The van der Waals surface area contributed by atoms with Gasteiger partial charge >= 0.3 is 5.97 Å².